The molecule has 0 atom stereocenters. The summed E-state index contributed by atoms with van der Waals surface area (Å²) in [5.74, 6) is 0.705. The van der Waals surface area contributed by atoms with Crippen LogP contribution in [0.3, 0.4) is 0 Å². The van der Waals surface area contributed by atoms with Crippen LogP contribution in [0, 0.1) is 6.92 Å². The SMILES string of the molecule is CCc1ccc(Nc2nc(C)ccc2C(N)=S)cc1. The van der Waals surface area contributed by atoms with Gasteiger partial charge in [0.1, 0.15) is 10.8 Å². The van der Waals surface area contributed by atoms with Crippen molar-refractivity contribution in [3.8, 4) is 0 Å². The van der Waals surface area contributed by atoms with E-state index in [1.165, 1.54) is 5.56 Å². The Morgan fingerprint density at radius 2 is 1.89 bits per heavy atom. The van der Waals surface area contributed by atoms with Crippen molar-refractivity contribution in [1.29, 1.82) is 0 Å². The van der Waals surface area contributed by atoms with E-state index < -0.39 is 0 Å². The molecular formula is C15H17N3S. The minimum atomic E-state index is 0.347. The molecule has 0 amide bonds. The van der Waals surface area contributed by atoms with Crippen molar-refractivity contribution in [1.82, 2.24) is 4.98 Å². The lowest BCUT2D eigenvalue weighted by molar-refractivity contribution is 1.14. The van der Waals surface area contributed by atoms with Crippen LogP contribution < -0.4 is 11.1 Å². The highest BCUT2D eigenvalue weighted by molar-refractivity contribution is 7.80. The fraction of sp³-hybridized carbons (Fsp3) is 0.200. The zero-order valence-electron chi connectivity index (χ0n) is 11.1. The average Bonchev–Trinajstić information content (AvgIpc) is 2.39. The van der Waals surface area contributed by atoms with Gasteiger partial charge in [-0.1, -0.05) is 31.3 Å². The van der Waals surface area contributed by atoms with Crippen LogP contribution in [0.15, 0.2) is 36.4 Å². The normalized spacial score (nSPS) is 10.2. The molecule has 0 aliphatic carbocycles. The molecule has 1 aromatic carbocycles. The van der Waals surface area contributed by atoms with E-state index in [0.717, 1.165) is 23.4 Å². The van der Waals surface area contributed by atoms with E-state index in [-0.39, 0.29) is 0 Å². The number of rotatable bonds is 4. The topological polar surface area (TPSA) is 50.9 Å². The molecule has 0 unspecified atom stereocenters. The summed E-state index contributed by atoms with van der Waals surface area (Å²) >= 11 is 5.05. The number of anilines is 2. The van der Waals surface area contributed by atoms with Crippen molar-refractivity contribution in [2.45, 2.75) is 20.3 Å². The third kappa shape index (κ3) is 3.29. The molecule has 0 radical (unpaired) electrons. The molecule has 98 valence electrons. The number of nitrogens with two attached hydrogens (primary N) is 1. The highest BCUT2D eigenvalue weighted by Crippen LogP contribution is 2.20. The summed E-state index contributed by atoms with van der Waals surface area (Å²) in [6, 6.07) is 12.1. The largest absolute Gasteiger partial charge is 0.389 e. The Bertz CT molecular complexity index is 591. The molecule has 4 heteroatoms. The lowest BCUT2D eigenvalue weighted by atomic mass is 10.1. The molecule has 2 rings (SSSR count). The smallest absolute Gasteiger partial charge is 0.140 e. The zero-order chi connectivity index (χ0) is 13.8. The van der Waals surface area contributed by atoms with Gasteiger partial charge in [-0.15, -0.1) is 0 Å². The van der Waals surface area contributed by atoms with E-state index in [9.17, 15) is 0 Å². The quantitative estimate of drug-likeness (QED) is 0.837. The van der Waals surface area contributed by atoms with Crippen LogP contribution in [-0.4, -0.2) is 9.97 Å². The first kappa shape index (κ1) is 13.5. The summed E-state index contributed by atoms with van der Waals surface area (Å²) in [6.45, 7) is 4.07. The summed E-state index contributed by atoms with van der Waals surface area (Å²) in [5, 5.41) is 3.27. The van der Waals surface area contributed by atoms with E-state index in [2.05, 4.69) is 29.4 Å². The Labute approximate surface area is 118 Å². The van der Waals surface area contributed by atoms with Gasteiger partial charge >= 0.3 is 0 Å². The first-order valence-electron chi connectivity index (χ1n) is 6.23. The maximum Gasteiger partial charge on any atom is 0.140 e. The second-order valence-electron chi connectivity index (χ2n) is 4.39. The molecule has 1 heterocycles. The summed E-state index contributed by atoms with van der Waals surface area (Å²) in [4.78, 5) is 4.80. The van der Waals surface area contributed by atoms with Crippen molar-refractivity contribution in [2.75, 3.05) is 5.32 Å². The fourth-order valence-electron chi connectivity index (χ4n) is 1.81. The van der Waals surface area contributed by atoms with Gasteiger partial charge in [-0.25, -0.2) is 4.98 Å². The highest BCUT2D eigenvalue weighted by atomic mass is 32.1. The number of hydrogen-bond acceptors (Lipinski definition) is 3. The molecule has 0 bridgehead atoms. The van der Waals surface area contributed by atoms with E-state index >= 15 is 0 Å². The van der Waals surface area contributed by atoms with E-state index in [1.54, 1.807) is 0 Å². The Balaban J connectivity index is 2.31. The van der Waals surface area contributed by atoms with Crippen LogP contribution >= 0.6 is 12.2 Å². The number of aromatic nitrogens is 1. The molecule has 0 aliphatic rings. The van der Waals surface area contributed by atoms with Gasteiger partial charge in [0.15, 0.2) is 0 Å². The van der Waals surface area contributed by atoms with Gasteiger partial charge in [-0.3, -0.25) is 0 Å². The number of benzene rings is 1. The van der Waals surface area contributed by atoms with Crippen LogP contribution in [-0.2, 0) is 6.42 Å². The standard InChI is InChI=1S/C15H17N3S/c1-3-11-5-7-12(8-6-11)18-15-13(14(16)19)9-4-10(2)17-15/h4-9H,3H2,1-2H3,(H2,16,19)(H,17,18). The summed E-state index contributed by atoms with van der Waals surface area (Å²) in [7, 11) is 0. The molecular weight excluding hydrogens is 254 g/mol. The average molecular weight is 271 g/mol. The molecule has 0 aliphatic heterocycles. The molecule has 0 fully saturated rings. The number of thiocarbonyl (C=S) groups is 1. The second-order valence-corrected chi connectivity index (χ2v) is 4.83. The van der Waals surface area contributed by atoms with Crippen LogP contribution in [0.25, 0.3) is 0 Å². The maximum absolute atomic E-state index is 5.72. The molecule has 19 heavy (non-hydrogen) atoms. The molecule has 0 spiro atoms. The van der Waals surface area contributed by atoms with Gasteiger partial charge in [-0.2, -0.15) is 0 Å². The van der Waals surface area contributed by atoms with Gasteiger partial charge in [0.25, 0.3) is 0 Å². The predicted molar refractivity (Wildman–Crippen MR) is 84.0 cm³/mol. The van der Waals surface area contributed by atoms with Gasteiger partial charge < -0.3 is 11.1 Å². The Morgan fingerprint density at radius 3 is 2.47 bits per heavy atom. The van der Waals surface area contributed by atoms with Gasteiger partial charge in [0, 0.05) is 11.4 Å². The Kier molecular flexibility index (Phi) is 4.12. The fourth-order valence-corrected chi connectivity index (χ4v) is 1.98. The number of hydrogen-bond donors (Lipinski definition) is 2. The number of nitrogens with zero attached hydrogens (tertiary/aromatic N) is 1. The monoisotopic (exact) mass is 271 g/mol. The molecule has 0 saturated carbocycles. The number of aryl methyl sites for hydroxylation is 2. The molecule has 1 aromatic heterocycles. The maximum atomic E-state index is 5.72. The Morgan fingerprint density at radius 1 is 1.21 bits per heavy atom. The zero-order valence-corrected chi connectivity index (χ0v) is 11.9. The lowest BCUT2D eigenvalue weighted by Gasteiger charge is -2.11. The minimum Gasteiger partial charge on any atom is -0.389 e. The lowest BCUT2D eigenvalue weighted by Crippen LogP contribution is -2.13. The van der Waals surface area contributed by atoms with Gasteiger partial charge in [0.2, 0.25) is 0 Å². The summed E-state index contributed by atoms with van der Waals surface area (Å²) in [5.41, 5.74) is 9.69. The predicted octanol–water partition coefficient (Wildman–Crippen LogP) is 3.33. The van der Waals surface area contributed by atoms with E-state index in [1.807, 2.05) is 31.2 Å². The first-order valence-corrected chi connectivity index (χ1v) is 6.64. The van der Waals surface area contributed by atoms with Crippen molar-refractivity contribution in [2.24, 2.45) is 5.73 Å². The second kappa shape index (κ2) is 5.80. The summed E-state index contributed by atoms with van der Waals surface area (Å²) in [6.07, 6.45) is 1.03. The molecule has 2 aromatic rings. The minimum absolute atomic E-state index is 0.347. The Hall–Kier alpha value is -1.94. The third-order valence-electron chi connectivity index (χ3n) is 2.92. The first-order chi connectivity index (χ1) is 9.10. The molecule has 3 N–H and O–H groups in total. The van der Waals surface area contributed by atoms with Crippen LogP contribution in [0.4, 0.5) is 11.5 Å². The molecule has 3 nitrogen and oxygen atoms in total. The highest BCUT2D eigenvalue weighted by Gasteiger charge is 2.07. The van der Waals surface area contributed by atoms with Crippen molar-refractivity contribution < 1.29 is 0 Å². The van der Waals surface area contributed by atoms with Gasteiger partial charge in [-0.05, 0) is 43.2 Å². The van der Waals surface area contributed by atoms with E-state index in [0.29, 0.717) is 10.8 Å². The van der Waals surface area contributed by atoms with Crippen LogP contribution in [0.2, 0.25) is 0 Å². The van der Waals surface area contributed by atoms with Crippen molar-refractivity contribution in [3.63, 3.8) is 0 Å². The third-order valence-corrected chi connectivity index (χ3v) is 3.14. The number of pyridine rings is 1. The number of nitrogens with one attached hydrogen (secondary N) is 1. The molecule has 0 saturated heterocycles. The summed E-state index contributed by atoms with van der Waals surface area (Å²) < 4.78 is 0. The van der Waals surface area contributed by atoms with Crippen LogP contribution in [0.5, 0.6) is 0 Å². The van der Waals surface area contributed by atoms with Crippen molar-refractivity contribution in [3.05, 3.63) is 53.2 Å². The van der Waals surface area contributed by atoms with Gasteiger partial charge in [0.05, 0.1) is 5.56 Å². The van der Waals surface area contributed by atoms with Crippen LogP contribution in [0.1, 0.15) is 23.7 Å². The van der Waals surface area contributed by atoms with E-state index in [4.69, 9.17) is 18.0 Å². The van der Waals surface area contributed by atoms with Crippen molar-refractivity contribution >= 4 is 28.7 Å².